The van der Waals surface area contributed by atoms with Crippen molar-refractivity contribution >= 4 is 28.6 Å². The van der Waals surface area contributed by atoms with Gasteiger partial charge in [0.2, 0.25) is 11.9 Å². The fraction of sp³-hybridized carbons (Fsp3) is 0.316. The topological polar surface area (TPSA) is 80.7 Å². The van der Waals surface area contributed by atoms with Crippen LogP contribution in [0.2, 0.25) is 0 Å². The maximum absolute atomic E-state index is 12.1. The highest BCUT2D eigenvalue weighted by Gasteiger charge is 2.24. The van der Waals surface area contributed by atoms with Gasteiger partial charge in [-0.15, -0.1) is 0 Å². The molecule has 0 saturated heterocycles. The SMILES string of the molecule is Cc1ccc2nc(Nc3ncc4c(n3)C[C@H](C)CC4=O)nc(C)c2c1. The number of carbonyl (C=O) groups is 1. The van der Waals surface area contributed by atoms with Crippen molar-refractivity contribution in [2.75, 3.05) is 5.32 Å². The monoisotopic (exact) mass is 333 g/mol. The van der Waals surface area contributed by atoms with Crippen molar-refractivity contribution in [3.05, 3.63) is 46.9 Å². The van der Waals surface area contributed by atoms with E-state index in [4.69, 9.17) is 0 Å². The predicted molar refractivity (Wildman–Crippen MR) is 96.1 cm³/mol. The average Bonchev–Trinajstić information content (AvgIpc) is 2.55. The summed E-state index contributed by atoms with van der Waals surface area (Å²) in [6, 6.07) is 6.09. The first-order valence-electron chi connectivity index (χ1n) is 8.41. The van der Waals surface area contributed by atoms with E-state index in [9.17, 15) is 4.79 Å². The minimum Gasteiger partial charge on any atom is -0.294 e. The highest BCUT2D eigenvalue weighted by Crippen LogP contribution is 2.25. The number of rotatable bonds is 2. The van der Waals surface area contributed by atoms with Crippen molar-refractivity contribution in [2.45, 2.75) is 33.6 Å². The molecule has 0 aliphatic heterocycles. The molecular weight excluding hydrogens is 314 g/mol. The molecule has 0 saturated carbocycles. The number of aryl methyl sites for hydroxylation is 2. The van der Waals surface area contributed by atoms with Crippen LogP contribution in [0.3, 0.4) is 0 Å². The molecule has 6 heteroatoms. The number of hydrogen-bond acceptors (Lipinski definition) is 6. The molecule has 0 spiro atoms. The van der Waals surface area contributed by atoms with E-state index in [0.29, 0.717) is 29.8 Å². The number of ketones is 1. The van der Waals surface area contributed by atoms with Crippen LogP contribution < -0.4 is 5.32 Å². The third-order valence-corrected chi connectivity index (χ3v) is 4.51. The first kappa shape index (κ1) is 15.6. The molecule has 0 fully saturated rings. The molecule has 0 radical (unpaired) electrons. The lowest BCUT2D eigenvalue weighted by molar-refractivity contribution is 0.0951. The van der Waals surface area contributed by atoms with Crippen molar-refractivity contribution < 1.29 is 4.79 Å². The van der Waals surface area contributed by atoms with Gasteiger partial charge in [0, 0.05) is 18.0 Å². The van der Waals surface area contributed by atoms with E-state index in [1.54, 1.807) is 6.20 Å². The van der Waals surface area contributed by atoms with Crippen molar-refractivity contribution in [1.29, 1.82) is 0 Å². The Bertz CT molecular complexity index is 999. The summed E-state index contributed by atoms with van der Waals surface area (Å²) in [5.74, 6) is 1.31. The molecule has 1 N–H and O–H groups in total. The summed E-state index contributed by atoms with van der Waals surface area (Å²) in [7, 11) is 0. The standard InChI is InChI=1S/C19H19N5O/c1-10-4-5-15-13(6-10)12(3)21-19(22-15)24-18-20-9-14-16(23-18)7-11(2)8-17(14)25/h4-6,9,11H,7-8H2,1-3H3,(H,20,21,22,23,24)/t11-/m0/s1. The van der Waals surface area contributed by atoms with Gasteiger partial charge >= 0.3 is 0 Å². The van der Waals surface area contributed by atoms with Crippen LogP contribution in [0.15, 0.2) is 24.4 Å². The molecule has 1 aliphatic rings. The number of aromatic nitrogens is 4. The first-order chi connectivity index (χ1) is 12.0. The molecule has 6 nitrogen and oxygen atoms in total. The molecule has 1 aromatic carbocycles. The fourth-order valence-electron chi connectivity index (χ4n) is 3.25. The number of nitrogens with one attached hydrogen (secondary N) is 1. The van der Waals surface area contributed by atoms with E-state index >= 15 is 0 Å². The molecule has 2 heterocycles. The first-order valence-corrected chi connectivity index (χ1v) is 8.41. The maximum atomic E-state index is 12.1. The van der Waals surface area contributed by atoms with Crippen LogP contribution in [0.25, 0.3) is 10.9 Å². The van der Waals surface area contributed by atoms with Crippen LogP contribution in [0.4, 0.5) is 11.9 Å². The highest BCUT2D eigenvalue weighted by molar-refractivity contribution is 5.98. The van der Waals surface area contributed by atoms with Gasteiger partial charge in [0.25, 0.3) is 0 Å². The molecule has 1 atom stereocenters. The van der Waals surface area contributed by atoms with Crippen molar-refractivity contribution in [1.82, 2.24) is 19.9 Å². The minimum atomic E-state index is 0.119. The van der Waals surface area contributed by atoms with Crippen LogP contribution in [-0.2, 0) is 6.42 Å². The number of carbonyl (C=O) groups excluding carboxylic acids is 1. The summed E-state index contributed by atoms with van der Waals surface area (Å²) in [6.07, 6.45) is 2.96. The van der Waals surface area contributed by atoms with Gasteiger partial charge in [-0.05, 0) is 38.3 Å². The Balaban J connectivity index is 1.69. The molecule has 1 aliphatic carbocycles. The molecule has 126 valence electrons. The van der Waals surface area contributed by atoms with Crippen molar-refractivity contribution in [3.8, 4) is 0 Å². The zero-order chi connectivity index (χ0) is 17.6. The Kier molecular flexibility index (Phi) is 3.67. The summed E-state index contributed by atoms with van der Waals surface area (Å²) in [5, 5.41) is 4.11. The Hall–Kier alpha value is -2.89. The second kappa shape index (κ2) is 5.88. The smallest absolute Gasteiger partial charge is 0.230 e. The molecule has 3 aromatic rings. The lowest BCUT2D eigenvalue weighted by Crippen LogP contribution is -2.20. The van der Waals surface area contributed by atoms with Gasteiger partial charge < -0.3 is 0 Å². The van der Waals surface area contributed by atoms with E-state index in [0.717, 1.165) is 28.7 Å². The lowest BCUT2D eigenvalue weighted by atomic mass is 9.88. The van der Waals surface area contributed by atoms with Crippen molar-refractivity contribution in [2.24, 2.45) is 5.92 Å². The van der Waals surface area contributed by atoms with E-state index in [2.05, 4.69) is 38.2 Å². The third kappa shape index (κ3) is 2.95. The summed E-state index contributed by atoms with van der Waals surface area (Å²) in [6.45, 7) is 6.07. The lowest BCUT2D eigenvalue weighted by Gasteiger charge is -2.19. The fourth-order valence-corrected chi connectivity index (χ4v) is 3.25. The van der Waals surface area contributed by atoms with E-state index < -0.39 is 0 Å². The Morgan fingerprint density at radius 2 is 1.92 bits per heavy atom. The van der Waals surface area contributed by atoms with Crippen LogP contribution in [-0.4, -0.2) is 25.7 Å². The second-order valence-electron chi connectivity index (χ2n) is 6.77. The number of anilines is 2. The molecule has 0 unspecified atom stereocenters. The van der Waals surface area contributed by atoms with Gasteiger partial charge in [0.15, 0.2) is 5.78 Å². The number of hydrogen-bond donors (Lipinski definition) is 1. The average molecular weight is 333 g/mol. The normalized spacial score (nSPS) is 16.8. The predicted octanol–water partition coefficient (Wildman–Crippen LogP) is 3.55. The Morgan fingerprint density at radius 3 is 2.76 bits per heavy atom. The van der Waals surface area contributed by atoms with Crippen LogP contribution >= 0.6 is 0 Å². The quantitative estimate of drug-likeness (QED) is 0.772. The zero-order valence-electron chi connectivity index (χ0n) is 14.5. The van der Waals surface area contributed by atoms with E-state index in [1.165, 1.54) is 5.56 Å². The second-order valence-corrected chi connectivity index (χ2v) is 6.77. The Labute approximate surface area is 145 Å². The van der Waals surface area contributed by atoms with Gasteiger partial charge in [-0.25, -0.2) is 19.9 Å². The van der Waals surface area contributed by atoms with Gasteiger partial charge in [-0.1, -0.05) is 18.6 Å². The van der Waals surface area contributed by atoms with Crippen LogP contribution in [0.1, 0.15) is 40.7 Å². The minimum absolute atomic E-state index is 0.119. The number of benzene rings is 1. The van der Waals surface area contributed by atoms with Crippen molar-refractivity contribution in [3.63, 3.8) is 0 Å². The summed E-state index contributed by atoms with van der Waals surface area (Å²) in [5.41, 5.74) is 4.39. The number of Topliss-reactive ketones (excluding diaryl/α,β-unsaturated/α-hetero) is 1. The highest BCUT2D eigenvalue weighted by atomic mass is 16.1. The third-order valence-electron chi connectivity index (χ3n) is 4.51. The molecule has 0 bridgehead atoms. The number of nitrogens with zero attached hydrogens (tertiary/aromatic N) is 4. The van der Waals surface area contributed by atoms with Crippen LogP contribution in [0, 0.1) is 19.8 Å². The van der Waals surface area contributed by atoms with E-state index in [1.807, 2.05) is 26.0 Å². The van der Waals surface area contributed by atoms with E-state index in [-0.39, 0.29) is 5.78 Å². The summed E-state index contributed by atoms with van der Waals surface area (Å²) >= 11 is 0. The molecular formula is C19H19N5O. The summed E-state index contributed by atoms with van der Waals surface area (Å²) in [4.78, 5) is 29.9. The van der Waals surface area contributed by atoms with Crippen LogP contribution in [0.5, 0.6) is 0 Å². The summed E-state index contributed by atoms with van der Waals surface area (Å²) < 4.78 is 0. The van der Waals surface area contributed by atoms with Gasteiger partial charge in [0.1, 0.15) is 0 Å². The Morgan fingerprint density at radius 1 is 1.08 bits per heavy atom. The zero-order valence-corrected chi connectivity index (χ0v) is 14.5. The molecule has 2 aromatic heterocycles. The maximum Gasteiger partial charge on any atom is 0.230 e. The molecule has 4 rings (SSSR count). The van der Waals surface area contributed by atoms with Gasteiger partial charge in [0.05, 0.1) is 22.5 Å². The largest absolute Gasteiger partial charge is 0.294 e. The van der Waals surface area contributed by atoms with Gasteiger partial charge in [-0.2, -0.15) is 0 Å². The van der Waals surface area contributed by atoms with Gasteiger partial charge in [-0.3, -0.25) is 10.1 Å². The molecule has 0 amide bonds. The molecule has 25 heavy (non-hydrogen) atoms. The number of fused-ring (bicyclic) bond motifs is 2.